The van der Waals surface area contributed by atoms with Gasteiger partial charge in [-0.15, -0.1) is 0 Å². The molecule has 1 N–H and O–H groups in total. The molecule has 0 bridgehead atoms. The number of fused-ring (bicyclic) bond motifs is 2. The van der Waals surface area contributed by atoms with E-state index in [9.17, 15) is 14.7 Å². The summed E-state index contributed by atoms with van der Waals surface area (Å²) in [5, 5.41) is 11.2. The van der Waals surface area contributed by atoms with Gasteiger partial charge < -0.3 is 19.0 Å². The van der Waals surface area contributed by atoms with E-state index in [2.05, 4.69) is 18.8 Å². The summed E-state index contributed by atoms with van der Waals surface area (Å²) in [6, 6.07) is 5.13. The Morgan fingerprint density at radius 1 is 1.37 bits per heavy atom. The van der Waals surface area contributed by atoms with Crippen LogP contribution in [-0.4, -0.2) is 27.8 Å². The summed E-state index contributed by atoms with van der Waals surface area (Å²) in [6.45, 7) is 7.44. The number of pyridine rings is 1. The fraction of sp³-hybridized carbons (Fsp3) is 0.522. The molecule has 3 heterocycles. The van der Waals surface area contributed by atoms with E-state index in [4.69, 9.17) is 13.9 Å². The summed E-state index contributed by atoms with van der Waals surface area (Å²) in [5.41, 5.74) is -0.834. The molecule has 30 heavy (non-hydrogen) atoms. The lowest BCUT2D eigenvalue weighted by Crippen LogP contribution is -2.61. The first-order valence-corrected chi connectivity index (χ1v) is 10.3. The minimum atomic E-state index is -1.07. The van der Waals surface area contributed by atoms with Crippen LogP contribution in [0.25, 0.3) is 11.3 Å². The molecule has 1 aliphatic heterocycles. The van der Waals surface area contributed by atoms with Crippen LogP contribution in [0.15, 0.2) is 39.8 Å². The fourth-order valence-electron chi connectivity index (χ4n) is 4.82. The molecule has 160 valence electrons. The summed E-state index contributed by atoms with van der Waals surface area (Å²) < 4.78 is 17.5. The molecule has 2 aliphatic rings. The van der Waals surface area contributed by atoms with E-state index in [1.54, 1.807) is 30.6 Å². The molecule has 0 aromatic carbocycles. The van der Waals surface area contributed by atoms with Crippen LogP contribution in [0.1, 0.15) is 52.2 Å². The SMILES string of the molecule is CC(=O)O[C@H]1C[C@@H](C(C)C)CC2[C@H](O)c3c(cc(-c4cccnc4)oc3=O)O[C@@]21C. The molecule has 0 saturated heterocycles. The van der Waals surface area contributed by atoms with Gasteiger partial charge in [-0.1, -0.05) is 13.8 Å². The van der Waals surface area contributed by atoms with E-state index in [1.807, 2.05) is 6.92 Å². The maximum atomic E-state index is 12.8. The highest BCUT2D eigenvalue weighted by molar-refractivity contribution is 5.66. The van der Waals surface area contributed by atoms with Crippen molar-refractivity contribution in [3.05, 3.63) is 46.6 Å². The zero-order valence-corrected chi connectivity index (χ0v) is 17.6. The van der Waals surface area contributed by atoms with Gasteiger partial charge in [0.25, 0.3) is 0 Å². The summed E-state index contributed by atoms with van der Waals surface area (Å²) in [7, 11) is 0. The van der Waals surface area contributed by atoms with Gasteiger partial charge in [-0.05, 0) is 43.7 Å². The van der Waals surface area contributed by atoms with Gasteiger partial charge in [-0.25, -0.2) is 4.79 Å². The smallest absolute Gasteiger partial charge is 0.345 e. The first-order valence-electron chi connectivity index (χ1n) is 10.3. The van der Waals surface area contributed by atoms with Crippen molar-refractivity contribution >= 4 is 5.97 Å². The highest BCUT2D eigenvalue weighted by Gasteiger charge is 2.57. The second-order valence-electron chi connectivity index (χ2n) is 8.83. The third-order valence-corrected chi connectivity index (χ3v) is 6.60. The number of aromatic nitrogens is 1. The van der Waals surface area contributed by atoms with Crippen molar-refractivity contribution in [2.75, 3.05) is 0 Å². The van der Waals surface area contributed by atoms with Crippen molar-refractivity contribution in [3.63, 3.8) is 0 Å². The van der Waals surface area contributed by atoms with Gasteiger partial charge in [0.1, 0.15) is 28.8 Å². The molecule has 1 unspecified atom stereocenters. The van der Waals surface area contributed by atoms with E-state index in [1.165, 1.54) is 6.92 Å². The topological polar surface area (TPSA) is 98.9 Å². The molecule has 1 fully saturated rings. The van der Waals surface area contributed by atoms with Crippen LogP contribution in [0.3, 0.4) is 0 Å². The van der Waals surface area contributed by atoms with Gasteiger partial charge in [-0.2, -0.15) is 0 Å². The van der Waals surface area contributed by atoms with Gasteiger partial charge >= 0.3 is 11.6 Å². The zero-order valence-electron chi connectivity index (χ0n) is 17.6. The molecular weight excluding hydrogens is 386 g/mol. The standard InChI is InChI=1S/C23H27NO6/c1-12(2)15-8-16-21(26)20-18(30-23(16,4)19(9-15)28-13(3)25)10-17(29-22(20)27)14-6-5-7-24-11-14/h5-7,10-12,15-16,19,21,26H,8-9H2,1-4H3/t15-,16?,19-,21-,23-/m0/s1. The number of aliphatic hydroxyl groups excluding tert-OH is 1. The summed E-state index contributed by atoms with van der Waals surface area (Å²) in [6.07, 6.45) is 2.92. The van der Waals surface area contributed by atoms with Crippen LogP contribution in [-0.2, 0) is 9.53 Å². The Morgan fingerprint density at radius 2 is 2.13 bits per heavy atom. The number of carbonyl (C=O) groups is 1. The number of hydrogen-bond acceptors (Lipinski definition) is 7. The number of hydrogen-bond donors (Lipinski definition) is 1. The lowest BCUT2D eigenvalue weighted by atomic mass is 9.63. The van der Waals surface area contributed by atoms with Gasteiger partial charge in [0.05, 0.1) is 6.10 Å². The Labute approximate surface area is 175 Å². The van der Waals surface area contributed by atoms with Gasteiger partial charge in [0.15, 0.2) is 0 Å². The molecule has 1 aliphatic carbocycles. The Bertz CT molecular complexity index is 1000. The first kappa shape index (κ1) is 20.6. The number of nitrogens with zero attached hydrogens (tertiary/aromatic N) is 1. The van der Waals surface area contributed by atoms with Gasteiger partial charge in [0, 0.05) is 36.9 Å². The average Bonchev–Trinajstić information content (AvgIpc) is 2.68. The van der Waals surface area contributed by atoms with E-state index < -0.39 is 35.3 Å². The van der Waals surface area contributed by atoms with E-state index in [-0.39, 0.29) is 17.2 Å². The van der Waals surface area contributed by atoms with Crippen LogP contribution in [0.4, 0.5) is 0 Å². The average molecular weight is 413 g/mol. The van der Waals surface area contributed by atoms with Crippen molar-refractivity contribution in [2.45, 2.75) is 58.3 Å². The lowest BCUT2D eigenvalue weighted by molar-refractivity contribution is -0.194. The first-order chi connectivity index (χ1) is 14.2. The Balaban J connectivity index is 1.81. The second kappa shape index (κ2) is 7.54. The summed E-state index contributed by atoms with van der Waals surface area (Å²) in [4.78, 5) is 28.7. The zero-order chi connectivity index (χ0) is 21.6. The normalized spacial score (nSPS) is 30.2. The maximum absolute atomic E-state index is 12.8. The van der Waals surface area contributed by atoms with Crippen molar-refractivity contribution in [1.29, 1.82) is 0 Å². The molecule has 2 aromatic rings. The van der Waals surface area contributed by atoms with Crippen LogP contribution < -0.4 is 10.4 Å². The predicted molar refractivity (Wildman–Crippen MR) is 109 cm³/mol. The second-order valence-corrected chi connectivity index (χ2v) is 8.83. The third-order valence-electron chi connectivity index (χ3n) is 6.60. The minimum absolute atomic E-state index is 0.121. The number of aliphatic hydroxyl groups is 1. The Morgan fingerprint density at radius 3 is 2.77 bits per heavy atom. The number of esters is 1. The van der Waals surface area contributed by atoms with Crippen LogP contribution >= 0.6 is 0 Å². The van der Waals surface area contributed by atoms with E-state index >= 15 is 0 Å². The molecule has 4 rings (SSSR count). The van der Waals surface area contributed by atoms with Gasteiger partial charge in [-0.3, -0.25) is 9.78 Å². The Kier molecular flexibility index (Phi) is 5.18. The molecule has 5 atom stereocenters. The minimum Gasteiger partial charge on any atom is -0.482 e. The molecular formula is C23H27NO6. The highest BCUT2D eigenvalue weighted by atomic mass is 16.6. The largest absolute Gasteiger partial charge is 0.482 e. The molecule has 7 nitrogen and oxygen atoms in total. The molecule has 0 spiro atoms. The van der Waals surface area contributed by atoms with Crippen molar-refractivity contribution < 1.29 is 23.8 Å². The summed E-state index contributed by atoms with van der Waals surface area (Å²) >= 11 is 0. The van der Waals surface area contributed by atoms with Gasteiger partial charge in [0.2, 0.25) is 0 Å². The van der Waals surface area contributed by atoms with Crippen LogP contribution in [0.5, 0.6) is 5.75 Å². The number of ether oxygens (including phenoxy) is 2. The quantitative estimate of drug-likeness (QED) is 0.769. The number of rotatable bonds is 3. The molecule has 1 saturated carbocycles. The van der Waals surface area contributed by atoms with Crippen molar-refractivity contribution in [3.8, 4) is 17.1 Å². The monoisotopic (exact) mass is 413 g/mol. The van der Waals surface area contributed by atoms with Crippen LogP contribution in [0, 0.1) is 17.8 Å². The number of carbonyl (C=O) groups excluding carboxylic acids is 1. The van der Waals surface area contributed by atoms with Crippen molar-refractivity contribution in [1.82, 2.24) is 4.98 Å². The highest BCUT2D eigenvalue weighted by Crippen LogP contribution is 2.53. The summed E-state index contributed by atoms with van der Waals surface area (Å²) in [5.74, 6) is 0.344. The van der Waals surface area contributed by atoms with E-state index in [0.717, 1.165) is 0 Å². The molecule has 0 radical (unpaired) electrons. The maximum Gasteiger partial charge on any atom is 0.345 e. The lowest BCUT2D eigenvalue weighted by Gasteiger charge is -2.53. The van der Waals surface area contributed by atoms with Crippen molar-refractivity contribution in [2.24, 2.45) is 17.8 Å². The van der Waals surface area contributed by atoms with Crippen LogP contribution in [0.2, 0.25) is 0 Å². The fourth-order valence-corrected chi connectivity index (χ4v) is 4.82. The van der Waals surface area contributed by atoms with E-state index in [0.29, 0.717) is 30.1 Å². The predicted octanol–water partition coefficient (Wildman–Crippen LogP) is 3.50. The Hall–Kier alpha value is -2.67. The molecule has 2 aromatic heterocycles. The third kappa shape index (κ3) is 3.41. The molecule has 0 amide bonds. The molecule has 7 heteroatoms.